The van der Waals surface area contributed by atoms with Gasteiger partial charge in [0.2, 0.25) is 5.82 Å². The molecule has 0 radical (unpaired) electrons. The van der Waals surface area contributed by atoms with E-state index in [2.05, 4.69) is 0 Å². The monoisotopic (exact) mass is 231 g/mol. The quantitative estimate of drug-likeness (QED) is 0.723. The molecule has 0 atom stereocenters. The third-order valence-electron chi connectivity index (χ3n) is 2.52. The molecule has 0 N–H and O–H groups in total. The average Bonchev–Trinajstić information content (AvgIpc) is 2.11. The summed E-state index contributed by atoms with van der Waals surface area (Å²) in [6.07, 6.45) is 0. The normalized spacial score (nSPS) is 19.3. The predicted octanol–water partition coefficient (Wildman–Crippen LogP) is 2.19. The molecule has 1 aromatic rings. The number of rotatable bonds is 2. The highest BCUT2D eigenvalue weighted by atomic mass is 19.2. The zero-order valence-electron chi connectivity index (χ0n) is 9.06. The first-order valence-electron chi connectivity index (χ1n) is 4.92. The molecule has 0 aliphatic carbocycles. The van der Waals surface area contributed by atoms with Crippen LogP contribution in [0.5, 0.6) is 5.75 Å². The van der Waals surface area contributed by atoms with Crippen LogP contribution in [0.4, 0.5) is 13.2 Å². The van der Waals surface area contributed by atoms with E-state index >= 15 is 0 Å². The first kappa shape index (κ1) is 11.3. The molecular formula is C11H12F3NO. The number of halogens is 3. The molecule has 0 amide bonds. The number of benzene rings is 1. The van der Waals surface area contributed by atoms with Crippen molar-refractivity contribution in [3.05, 3.63) is 29.6 Å². The number of likely N-dealkylation sites (tertiary alicyclic amines) is 1. The Bertz CT molecular complexity index is 416. The van der Waals surface area contributed by atoms with Crippen LogP contribution in [0.2, 0.25) is 0 Å². The van der Waals surface area contributed by atoms with E-state index in [1.165, 1.54) is 0 Å². The van der Waals surface area contributed by atoms with Gasteiger partial charge in [-0.25, -0.2) is 8.78 Å². The molecule has 1 aliphatic rings. The van der Waals surface area contributed by atoms with Crippen molar-refractivity contribution in [2.24, 2.45) is 0 Å². The van der Waals surface area contributed by atoms with Crippen molar-refractivity contribution in [2.75, 3.05) is 20.1 Å². The molecule has 1 saturated heterocycles. The van der Waals surface area contributed by atoms with Gasteiger partial charge in [0.15, 0.2) is 11.6 Å². The highest BCUT2D eigenvalue weighted by molar-refractivity contribution is 5.27. The summed E-state index contributed by atoms with van der Waals surface area (Å²) in [5.41, 5.74) is -0.574. The molecule has 0 unspecified atom stereocenters. The summed E-state index contributed by atoms with van der Waals surface area (Å²) >= 11 is 0. The Kier molecular flexibility index (Phi) is 2.58. The molecule has 2 nitrogen and oxygen atoms in total. The summed E-state index contributed by atoms with van der Waals surface area (Å²) in [7, 11) is 1.88. The molecule has 1 aromatic carbocycles. The summed E-state index contributed by atoms with van der Waals surface area (Å²) in [5, 5.41) is 0. The molecule has 5 heteroatoms. The Morgan fingerprint density at radius 1 is 1.25 bits per heavy atom. The van der Waals surface area contributed by atoms with E-state index in [0.29, 0.717) is 19.2 Å². The van der Waals surface area contributed by atoms with Crippen LogP contribution in [0, 0.1) is 17.5 Å². The second kappa shape index (κ2) is 3.66. The van der Waals surface area contributed by atoms with Crippen LogP contribution in [-0.4, -0.2) is 30.6 Å². The summed E-state index contributed by atoms with van der Waals surface area (Å²) < 4.78 is 44.4. The van der Waals surface area contributed by atoms with Crippen LogP contribution < -0.4 is 4.74 Å². The Hall–Kier alpha value is -1.23. The highest BCUT2D eigenvalue weighted by Crippen LogP contribution is 2.29. The fourth-order valence-corrected chi connectivity index (χ4v) is 2.03. The first-order chi connectivity index (χ1) is 7.39. The maximum absolute atomic E-state index is 13.3. The van der Waals surface area contributed by atoms with E-state index in [1.807, 2.05) is 11.9 Å². The van der Waals surface area contributed by atoms with Gasteiger partial charge in [-0.05, 0) is 14.0 Å². The maximum atomic E-state index is 13.3. The van der Waals surface area contributed by atoms with Gasteiger partial charge < -0.3 is 4.74 Å². The number of nitrogens with zero attached hydrogens (tertiary/aromatic N) is 1. The molecule has 1 heterocycles. The third kappa shape index (κ3) is 2.00. The Labute approximate surface area is 91.6 Å². The van der Waals surface area contributed by atoms with Gasteiger partial charge in [-0.15, -0.1) is 0 Å². The van der Waals surface area contributed by atoms with Crippen LogP contribution >= 0.6 is 0 Å². The molecule has 0 bridgehead atoms. The Balaban J connectivity index is 2.21. The van der Waals surface area contributed by atoms with Crippen LogP contribution in [0.3, 0.4) is 0 Å². The minimum Gasteiger partial charge on any atom is -0.482 e. The Morgan fingerprint density at radius 3 is 2.44 bits per heavy atom. The fraction of sp³-hybridized carbons (Fsp3) is 0.455. The summed E-state index contributed by atoms with van der Waals surface area (Å²) in [6, 6.07) is 1.36. The molecule has 2 rings (SSSR count). The molecule has 16 heavy (non-hydrogen) atoms. The topological polar surface area (TPSA) is 12.5 Å². The summed E-state index contributed by atoms with van der Waals surface area (Å²) in [6.45, 7) is 2.98. The molecule has 0 saturated carbocycles. The van der Waals surface area contributed by atoms with E-state index in [1.54, 1.807) is 6.92 Å². The van der Waals surface area contributed by atoms with E-state index in [0.717, 1.165) is 6.07 Å². The molecule has 1 fully saturated rings. The van der Waals surface area contributed by atoms with Crippen molar-refractivity contribution in [3.8, 4) is 5.75 Å². The average molecular weight is 231 g/mol. The van der Waals surface area contributed by atoms with Crippen molar-refractivity contribution in [1.29, 1.82) is 0 Å². The minimum absolute atomic E-state index is 0.368. The lowest BCUT2D eigenvalue weighted by molar-refractivity contribution is -0.0521. The molecule has 88 valence electrons. The van der Waals surface area contributed by atoms with Crippen molar-refractivity contribution < 1.29 is 17.9 Å². The lowest BCUT2D eigenvalue weighted by atomic mass is 9.97. The van der Waals surface area contributed by atoms with Gasteiger partial charge in [0.1, 0.15) is 11.4 Å². The van der Waals surface area contributed by atoms with Crippen molar-refractivity contribution in [2.45, 2.75) is 12.5 Å². The lowest BCUT2D eigenvalue weighted by Gasteiger charge is -2.45. The second-order valence-electron chi connectivity index (χ2n) is 4.42. The third-order valence-corrected chi connectivity index (χ3v) is 2.52. The van der Waals surface area contributed by atoms with Crippen LogP contribution in [0.1, 0.15) is 6.92 Å². The number of hydrogen-bond donors (Lipinski definition) is 0. The minimum atomic E-state index is -1.23. The SMILES string of the molecule is CN1CC(C)(Oc2cc(F)cc(F)c2F)C1. The lowest BCUT2D eigenvalue weighted by Crippen LogP contribution is -2.61. The molecular weight excluding hydrogens is 219 g/mol. The number of hydrogen-bond acceptors (Lipinski definition) is 2. The standard InChI is InChI=1S/C11H12F3NO/c1-11(5-15(2)6-11)16-9-4-7(12)3-8(13)10(9)14/h3-4H,5-6H2,1-2H3. The molecule has 1 aliphatic heterocycles. The fourth-order valence-electron chi connectivity index (χ4n) is 2.03. The van der Waals surface area contributed by atoms with Gasteiger partial charge in [0.25, 0.3) is 0 Å². The molecule has 0 aromatic heterocycles. The van der Waals surface area contributed by atoms with Crippen molar-refractivity contribution >= 4 is 0 Å². The van der Waals surface area contributed by atoms with Gasteiger partial charge >= 0.3 is 0 Å². The van der Waals surface area contributed by atoms with Crippen LogP contribution in [0.15, 0.2) is 12.1 Å². The zero-order valence-corrected chi connectivity index (χ0v) is 9.06. The van der Waals surface area contributed by atoms with Crippen molar-refractivity contribution in [3.63, 3.8) is 0 Å². The highest BCUT2D eigenvalue weighted by Gasteiger charge is 2.39. The van der Waals surface area contributed by atoms with Crippen molar-refractivity contribution in [1.82, 2.24) is 4.90 Å². The van der Waals surface area contributed by atoms with Gasteiger partial charge in [-0.3, -0.25) is 4.90 Å². The largest absolute Gasteiger partial charge is 0.482 e. The predicted molar refractivity (Wildman–Crippen MR) is 52.8 cm³/mol. The van der Waals surface area contributed by atoms with E-state index in [4.69, 9.17) is 4.74 Å². The van der Waals surface area contributed by atoms with E-state index in [-0.39, 0.29) is 5.75 Å². The van der Waals surface area contributed by atoms with E-state index < -0.39 is 23.1 Å². The summed E-state index contributed by atoms with van der Waals surface area (Å²) in [4.78, 5) is 1.97. The van der Waals surface area contributed by atoms with Gasteiger partial charge in [-0.1, -0.05) is 0 Å². The molecule has 0 spiro atoms. The Morgan fingerprint density at radius 2 is 1.88 bits per heavy atom. The maximum Gasteiger partial charge on any atom is 0.200 e. The number of likely N-dealkylation sites (N-methyl/N-ethyl adjacent to an activating group) is 1. The smallest absolute Gasteiger partial charge is 0.200 e. The first-order valence-corrected chi connectivity index (χ1v) is 4.92. The van der Waals surface area contributed by atoms with E-state index in [9.17, 15) is 13.2 Å². The second-order valence-corrected chi connectivity index (χ2v) is 4.42. The summed E-state index contributed by atoms with van der Waals surface area (Å²) in [5.74, 6) is -3.58. The van der Waals surface area contributed by atoms with Gasteiger partial charge in [0, 0.05) is 25.2 Å². The number of ether oxygens (including phenoxy) is 1. The van der Waals surface area contributed by atoms with Gasteiger partial charge in [-0.2, -0.15) is 4.39 Å². The van der Waals surface area contributed by atoms with Gasteiger partial charge in [0.05, 0.1) is 0 Å². The van der Waals surface area contributed by atoms with Crippen LogP contribution in [0.25, 0.3) is 0 Å². The van der Waals surface area contributed by atoms with Crippen LogP contribution in [-0.2, 0) is 0 Å². The zero-order chi connectivity index (χ0) is 11.9.